The zero-order chi connectivity index (χ0) is 43.5. The van der Waals surface area contributed by atoms with E-state index in [-0.39, 0.29) is 50.8 Å². The SMILES string of the molecule is CC/C=C/CCCCC(C)CCN(CCC(C)CCCC/C=C/CC)CC(=O)[O-].CC/C=C/CCCCC(C)CCN(CCC(C)CCCC/C=C/CC)CC(=O)[O-].[Ca+2]. The van der Waals surface area contributed by atoms with Crippen LogP contribution in [0, 0.1) is 23.7 Å². The predicted molar refractivity (Wildman–Crippen MR) is 255 cm³/mol. The van der Waals surface area contributed by atoms with Crippen LogP contribution in [0.5, 0.6) is 0 Å². The maximum Gasteiger partial charge on any atom is 2.00 e. The van der Waals surface area contributed by atoms with Gasteiger partial charge in [0.15, 0.2) is 0 Å². The number of carboxylic acids is 2. The summed E-state index contributed by atoms with van der Waals surface area (Å²) in [6.45, 7) is 21.5. The second-order valence-electron chi connectivity index (χ2n) is 17.5. The zero-order valence-electron chi connectivity index (χ0n) is 40.4. The van der Waals surface area contributed by atoms with Crippen molar-refractivity contribution in [1.29, 1.82) is 0 Å². The quantitative estimate of drug-likeness (QED) is 0.0347. The summed E-state index contributed by atoms with van der Waals surface area (Å²) in [4.78, 5) is 26.4. The molecule has 0 heterocycles. The van der Waals surface area contributed by atoms with Crippen molar-refractivity contribution in [2.75, 3.05) is 39.3 Å². The number of allylic oxidation sites excluding steroid dienone is 8. The molecule has 0 aliphatic rings. The molecule has 0 fully saturated rings. The Morgan fingerprint density at radius 2 is 0.610 bits per heavy atom. The van der Waals surface area contributed by atoms with Crippen molar-refractivity contribution in [3.8, 4) is 0 Å². The maximum absolute atomic E-state index is 11.1. The van der Waals surface area contributed by atoms with Crippen molar-refractivity contribution in [3.05, 3.63) is 48.6 Å². The number of carboxylic acid groups (broad SMARTS) is 2. The maximum atomic E-state index is 11.1. The van der Waals surface area contributed by atoms with Gasteiger partial charge in [-0.15, -0.1) is 0 Å². The Hall–Kier alpha value is -0.920. The van der Waals surface area contributed by atoms with Gasteiger partial charge in [0, 0.05) is 13.1 Å². The summed E-state index contributed by atoms with van der Waals surface area (Å²) in [5.74, 6) is 0.725. The average molecular weight is 853 g/mol. The molecule has 59 heavy (non-hydrogen) atoms. The summed E-state index contributed by atoms with van der Waals surface area (Å²) in [6, 6.07) is 0. The molecule has 0 aliphatic heterocycles. The Bertz CT molecular complexity index is 884. The normalized spacial score (nSPS) is 14.0. The summed E-state index contributed by atoms with van der Waals surface area (Å²) < 4.78 is 0. The molecule has 0 spiro atoms. The first-order valence-corrected chi connectivity index (χ1v) is 24.4. The van der Waals surface area contributed by atoms with E-state index in [0.29, 0.717) is 23.7 Å². The molecule has 7 heteroatoms. The fourth-order valence-corrected chi connectivity index (χ4v) is 7.25. The summed E-state index contributed by atoms with van der Waals surface area (Å²) in [5.41, 5.74) is 0. The molecule has 0 rings (SSSR count). The van der Waals surface area contributed by atoms with Crippen LogP contribution in [-0.2, 0) is 9.59 Å². The van der Waals surface area contributed by atoms with Crippen molar-refractivity contribution >= 4 is 49.7 Å². The standard InChI is InChI=1S/2C26H49NO2.Ca/c2*1-5-7-9-11-13-15-17-24(3)19-21-27(23-26(28)29)22-20-25(4)18-16-14-12-10-8-6-2;/h2*7-10,24-25H,5-6,11-23H2,1-4H3,(H,28,29);/q;;+2/p-2/b2*9-7+,10-8+;. The van der Waals surface area contributed by atoms with Crippen molar-refractivity contribution in [2.45, 2.75) is 209 Å². The Kier molecular flexibility index (Phi) is 50.9. The first-order valence-electron chi connectivity index (χ1n) is 24.4. The van der Waals surface area contributed by atoms with E-state index in [4.69, 9.17) is 0 Å². The molecule has 0 radical (unpaired) electrons. The molecule has 0 aromatic heterocycles. The van der Waals surface area contributed by atoms with Crippen LogP contribution in [0.3, 0.4) is 0 Å². The summed E-state index contributed by atoms with van der Waals surface area (Å²) in [7, 11) is 0. The van der Waals surface area contributed by atoms with E-state index in [1.807, 2.05) is 0 Å². The van der Waals surface area contributed by atoms with Gasteiger partial charge in [-0.3, -0.25) is 9.80 Å². The van der Waals surface area contributed by atoms with E-state index in [2.05, 4.69) is 114 Å². The minimum absolute atomic E-state index is 0. The van der Waals surface area contributed by atoms with Gasteiger partial charge in [0.1, 0.15) is 0 Å². The van der Waals surface area contributed by atoms with E-state index in [1.165, 1.54) is 103 Å². The third-order valence-electron chi connectivity index (χ3n) is 11.3. The van der Waals surface area contributed by atoms with Crippen molar-refractivity contribution in [1.82, 2.24) is 9.80 Å². The van der Waals surface area contributed by atoms with E-state index in [1.54, 1.807) is 0 Å². The van der Waals surface area contributed by atoms with Crippen LogP contribution in [0.1, 0.15) is 209 Å². The first-order chi connectivity index (χ1) is 28.0. The van der Waals surface area contributed by atoms with Crippen LogP contribution in [0.15, 0.2) is 48.6 Å². The van der Waals surface area contributed by atoms with Crippen LogP contribution in [0.4, 0.5) is 0 Å². The molecule has 340 valence electrons. The summed E-state index contributed by atoms with van der Waals surface area (Å²) >= 11 is 0. The molecule has 0 aliphatic carbocycles. The minimum Gasteiger partial charge on any atom is -0.549 e. The van der Waals surface area contributed by atoms with E-state index in [9.17, 15) is 19.8 Å². The van der Waals surface area contributed by atoms with Gasteiger partial charge in [-0.05, 0) is 153 Å². The van der Waals surface area contributed by atoms with Gasteiger partial charge in [-0.25, -0.2) is 0 Å². The summed E-state index contributed by atoms with van der Waals surface area (Å²) in [5, 5.41) is 22.3. The molecule has 4 unspecified atom stereocenters. The molecule has 0 N–H and O–H groups in total. The van der Waals surface area contributed by atoms with E-state index >= 15 is 0 Å². The number of hydrogen-bond donors (Lipinski definition) is 0. The number of carbonyl (C=O) groups excluding carboxylic acids is 2. The van der Waals surface area contributed by atoms with Gasteiger partial charge in [0.25, 0.3) is 0 Å². The van der Waals surface area contributed by atoms with E-state index in [0.717, 1.165) is 77.5 Å². The first kappa shape index (κ1) is 62.4. The van der Waals surface area contributed by atoms with Crippen molar-refractivity contribution in [3.63, 3.8) is 0 Å². The topological polar surface area (TPSA) is 86.7 Å². The molecule has 0 aromatic carbocycles. The predicted octanol–water partition coefficient (Wildman–Crippen LogP) is 11.9. The molecular weight excluding hydrogens is 757 g/mol. The van der Waals surface area contributed by atoms with E-state index < -0.39 is 11.9 Å². The molecule has 4 atom stereocenters. The van der Waals surface area contributed by atoms with Gasteiger partial charge in [-0.2, -0.15) is 0 Å². The molecular formula is C52H96CaN2O4. The third-order valence-corrected chi connectivity index (χ3v) is 11.3. The summed E-state index contributed by atoms with van der Waals surface area (Å²) in [6.07, 6.45) is 46.7. The fraction of sp³-hybridized carbons (Fsp3) is 0.808. The third kappa shape index (κ3) is 49.6. The van der Waals surface area contributed by atoms with Gasteiger partial charge < -0.3 is 19.8 Å². The molecule has 6 nitrogen and oxygen atoms in total. The average Bonchev–Trinajstić information content (AvgIpc) is 3.19. The van der Waals surface area contributed by atoms with Gasteiger partial charge in [0.05, 0.1) is 11.9 Å². The Morgan fingerprint density at radius 3 is 0.797 bits per heavy atom. The molecule has 0 amide bonds. The zero-order valence-corrected chi connectivity index (χ0v) is 42.6. The van der Waals surface area contributed by atoms with Gasteiger partial charge in [-0.1, -0.05) is 155 Å². The van der Waals surface area contributed by atoms with Crippen LogP contribution < -0.4 is 10.2 Å². The monoisotopic (exact) mass is 853 g/mol. The minimum atomic E-state index is -0.948. The van der Waals surface area contributed by atoms with Crippen LogP contribution in [0.25, 0.3) is 0 Å². The Morgan fingerprint density at radius 1 is 0.390 bits per heavy atom. The molecule has 0 saturated carbocycles. The fourth-order valence-electron chi connectivity index (χ4n) is 7.25. The smallest absolute Gasteiger partial charge is 0.549 e. The second kappa shape index (κ2) is 48.1. The molecule has 0 aromatic rings. The number of hydrogen-bond acceptors (Lipinski definition) is 6. The van der Waals surface area contributed by atoms with Crippen molar-refractivity contribution in [2.24, 2.45) is 23.7 Å². The van der Waals surface area contributed by atoms with Gasteiger partial charge in [0.2, 0.25) is 0 Å². The van der Waals surface area contributed by atoms with Crippen LogP contribution >= 0.6 is 0 Å². The largest absolute Gasteiger partial charge is 2.00 e. The molecule has 0 saturated heterocycles. The second-order valence-corrected chi connectivity index (χ2v) is 17.5. The number of rotatable bonds is 40. The van der Waals surface area contributed by atoms with Crippen molar-refractivity contribution < 1.29 is 19.8 Å². The molecule has 0 bridgehead atoms. The van der Waals surface area contributed by atoms with Gasteiger partial charge >= 0.3 is 37.7 Å². The Balaban J connectivity index is -0.00000105. The Labute approximate surface area is 397 Å². The van der Waals surface area contributed by atoms with Crippen LogP contribution in [-0.4, -0.2) is 98.7 Å². The number of nitrogens with zero attached hydrogens (tertiary/aromatic N) is 2. The number of unbranched alkanes of at least 4 members (excludes halogenated alkanes) is 8. The number of carbonyl (C=O) groups is 2. The number of aliphatic carboxylic acids is 2. The van der Waals surface area contributed by atoms with Crippen LogP contribution in [0.2, 0.25) is 0 Å².